The molecule has 11 nitrogen and oxygen atoms in total. The molecule has 3 fully saturated rings. The van der Waals surface area contributed by atoms with Crippen LogP contribution in [0.25, 0.3) is 0 Å². The Kier molecular flexibility index (Phi) is 5.43. The first kappa shape index (κ1) is 18.3. The minimum absolute atomic E-state index is 0.246. The lowest BCUT2D eigenvalue weighted by molar-refractivity contribution is -0.0316. The minimum atomic E-state index is -4.74. The third-order valence-corrected chi connectivity index (χ3v) is 5.13. The molecule has 0 aromatic carbocycles. The summed E-state index contributed by atoms with van der Waals surface area (Å²) in [5.74, 6) is 0.246. The van der Waals surface area contributed by atoms with E-state index in [2.05, 4.69) is 19.8 Å². The number of piperidine rings is 1. The molecule has 3 heterocycles. The number of hydrogen-bond donors (Lipinski definition) is 4. The molecule has 142 valence electrons. The third-order valence-electron chi connectivity index (χ3n) is 4.78. The summed E-state index contributed by atoms with van der Waals surface area (Å²) in [6.45, 7) is 5.61. The second-order valence-electron chi connectivity index (χ2n) is 6.44. The van der Waals surface area contributed by atoms with E-state index in [0.29, 0.717) is 24.4 Å². The Morgan fingerprint density at radius 2 is 2.08 bits per heavy atom. The smallest absolute Gasteiger partial charge is 0.371 e. The van der Waals surface area contributed by atoms with Gasteiger partial charge in [0.1, 0.15) is 5.84 Å². The van der Waals surface area contributed by atoms with Gasteiger partial charge in [0.05, 0.1) is 12.1 Å². The summed E-state index contributed by atoms with van der Waals surface area (Å²) < 4.78 is 35.0. The van der Waals surface area contributed by atoms with Crippen LogP contribution in [-0.4, -0.2) is 97.6 Å². The van der Waals surface area contributed by atoms with Crippen molar-refractivity contribution in [2.75, 3.05) is 45.8 Å². The van der Waals surface area contributed by atoms with Crippen LogP contribution in [0.3, 0.4) is 0 Å². The lowest BCUT2D eigenvalue weighted by Crippen LogP contribution is -2.51. The van der Waals surface area contributed by atoms with E-state index in [1.807, 2.05) is 0 Å². The number of carbonyl (C=O) groups excluding carboxylic acids is 1. The van der Waals surface area contributed by atoms with E-state index in [1.165, 1.54) is 4.90 Å². The maximum atomic E-state index is 12.3. The third kappa shape index (κ3) is 4.39. The lowest BCUT2D eigenvalue weighted by Gasteiger charge is -2.32. The predicted octanol–water partition coefficient (Wildman–Crippen LogP) is -1.54. The SMILES string of the molecule is N=C(NCCN1CCNCC1)[C@@H]1CC[C@@H]2CN1C(=O)N2OS(=O)(=O)O. The largest absolute Gasteiger partial charge is 0.418 e. The van der Waals surface area contributed by atoms with Gasteiger partial charge in [-0.1, -0.05) is 0 Å². The number of amidine groups is 1. The van der Waals surface area contributed by atoms with Crippen molar-refractivity contribution < 1.29 is 22.0 Å². The normalized spacial score (nSPS) is 27.6. The summed E-state index contributed by atoms with van der Waals surface area (Å²) in [4.78, 5) is 16.0. The summed E-state index contributed by atoms with van der Waals surface area (Å²) in [6.07, 6.45) is 1.05. The van der Waals surface area contributed by atoms with Gasteiger partial charge < -0.3 is 15.5 Å². The standard InChI is InChI=1S/C13H24N6O5S/c14-12(16-5-8-17-6-3-15-4-7-17)11-2-1-10-9-18(11)13(20)19(10)24-25(21,22)23/h10-11,15H,1-9H2,(H2,14,16)(H,21,22,23)/t10-,11+/m1/s1. The van der Waals surface area contributed by atoms with E-state index in [0.717, 1.165) is 32.7 Å². The van der Waals surface area contributed by atoms with Gasteiger partial charge in [-0.25, -0.2) is 4.79 Å². The van der Waals surface area contributed by atoms with Crippen LogP contribution in [0.1, 0.15) is 12.8 Å². The molecule has 2 atom stereocenters. The molecule has 3 aliphatic rings. The Morgan fingerprint density at radius 3 is 2.76 bits per heavy atom. The Bertz CT molecular complexity index is 622. The molecule has 0 aromatic heterocycles. The van der Waals surface area contributed by atoms with Crippen molar-refractivity contribution in [3.8, 4) is 0 Å². The van der Waals surface area contributed by atoms with Gasteiger partial charge in [0.2, 0.25) is 0 Å². The molecular formula is C13H24N6O5S. The van der Waals surface area contributed by atoms with Crippen molar-refractivity contribution in [2.45, 2.75) is 24.9 Å². The number of urea groups is 1. The molecular weight excluding hydrogens is 352 g/mol. The van der Waals surface area contributed by atoms with Gasteiger partial charge in [0.15, 0.2) is 0 Å². The Labute approximate surface area is 146 Å². The van der Waals surface area contributed by atoms with Crippen molar-refractivity contribution in [3.05, 3.63) is 0 Å². The van der Waals surface area contributed by atoms with Crippen LogP contribution in [-0.2, 0) is 14.7 Å². The van der Waals surface area contributed by atoms with E-state index < -0.39 is 28.5 Å². The number of hydrogen-bond acceptors (Lipinski definition) is 7. The molecule has 0 aliphatic carbocycles. The number of nitrogens with one attached hydrogen (secondary N) is 3. The van der Waals surface area contributed by atoms with Gasteiger partial charge in [0, 0.05) is 45.8 Å². The number of amides is 2. The monoisotopic (exact) mass is 376 g/mol. The molecule has 2 amide bonds. The first-order valence-electron chi connectivity index (χ1n) is 8.37. The number of fused-ring (bicyclic) bond motifs is 2. The average molecular weight is 376 g/mol. The van der Waals surface area contributed by atoms with E-state index >= 15 is 0 Å². The molecule has 0 spiro atoms. The van der Waals surface area contributed by atoms with Crippen LogP contribution in [0.5, 0.6) is 0 Å². The van der Waals surface area contributed by atoms with Gasteiger partial charge in [-0.05, 0) is 12.8 Å². The van der Waals surface area contributed by atoms with Gasteiger partial charge in [-0.2, -0.15) is 13.5 Å². The highest BCUT2D eigenvalue weighted by Crippen LogP contribution is 2.30. The number of nitrogens with zero attached hydrogens (tertiary/aromatic N) is 3. The quantitative estimate of drug-likeness (QED) is 0.249. The predicted molar refractivity (Wildman–Crippen MR) is 88.4 cm³/mol. The highest BCUT2D eigenvalue weighted by molar-refractivity contribution is 7.80. The summed E-state index contributed by atoms with van der Waals surface area (Å²) in [5.41, 5.74) is 0. The molecule has 4 N–H and O–H groups in total. The first-order chi connectivity index (χ1) is 11.8. The van der Waals surface area contributed by atoms with Crippen LogP contribution in [0.2, 0.25) is 0 Å². The van der Waals surface area contributed by atoms with Crippen molar-refractivity contribution in [2.24, 2.45) is 0 Å². The summed E-state index contributed by atoms with van der Waals surface area (Å²) >= 11 is 0. The molecule has 25 heavy (non-hydrogen) atoms. The molecule has 3 aliphatic heterocycles. The minimum Gasteiger partial charge on any atom is -0.371 e. The molecule has 12 heteroatoms. The highest BCUT2D eigenvalue weighted by Gasteiger charge is 2.48. The maximum Gasteiger partial charge on any atom is 0.418 e. The van der Waals surface area contributed by atoms with E-state index in [9.17, 15) is 13.2 Å². The van der Waals surface area contributed by atoms with Crippen molar-refractivity contribution in [3.63, 3.8) is 0 Å². The lowest BCUT2D eigenvalue weighted by atomic mass is 10.00. The number of rotatable bonds is 6. The average Bonchev–Trinajstić information content (AvgIpc) is 2.79. The van der Waals surface area contributed by atoms with Crippen LogP contribution in [0.15, 0.2) is 0 Å². The van der Waals surface area contributed by atoms with Crippen LogP contribution < -0.4 is 10.6 Å². The number of hydroxylamine groups is 2. The molecule has 0 radical (unpaired) electrons. The molecule has 0 saturated carbocycles. The zero-order valence-electron chi connectivity index (χ0n) is 13.8. The van der Waals surface area contributed by atoms with E-state index in [1.54, 1.807) is 0 Å². The van der Waals surface area contributed by atoms with Crippen molar-refractivity contribution >= 4 is 22.3 Å². The fraction of sp³-hybridized carbons (Fsp3) is 0.846. The molecule has 0 aromatic rings. The summed E-state index contributed by atoms with van der Waals surface area (Å²) in [6, 6.07) is -1.50. The van der Waals surface area contributed by atoms with E-state index in [-0.39, 0.29) is 12.4 Å². The fourth-order valence-corrected chi connectivity index (χ4v) is 3.92. The van der Waals surface area contributed by atoms with Crippen molar-refractivity contribution in [1.29, 1.82) is 5.41 Å². The van der Waals surface area contributed by atoms with E-state index in [4.69, 9.17) is 9.96 Å². The zero-order valence-corrected chi connectivity index (χ0v) is 14.7. The fourth-order valence-electron chi connectivity index (χ4n) is 3.53. The summed E-state index contributed by atoms with van der Waals surface area (Å²) in [7, 11) is -4.74. The Hall–Kier alpha value is -1.47. The van der Waals surface area contributed by atoms with Gasteiger partial charge in [-0.15, -0.1) is 4.28 Å². The zero-order chi connectivity index (χ0) is 18.0. The van der Waals surface area contributed by atoms with Gasteiger partial charge in [-0.3, -0.25) is 14.9 Å². The molecule has 2 bridgehead atoms. The first-order valence-corrected chi connectivity index (χ1v) is 9.74. The topological polar surface area (TPSA) is 138 Å². The van der Waals surface area contributed by atoms with Crippen LogP contribution in [0.4, 0.5) is 4.79 Å². The molecule has 3 saturated heterocycles. The Balaban J connectivity index is 1.51. The van der Waals surface area contributed by atoms with Gasteiger partial charge >= 0.3 is 16.4 Å². The molecule has 3 rings (SSSR count). The molecule has 0 unspecified atom stereocenters. The second-order valence-corrected chi connectivity index (χ2v) is 7.45. The number of piperazine rings is 1. The Morgan fingerprint density at radius 1 is 1.36 bits per heavy atom. The maximum absolute atomic E-state index is 12.3. The van der Waals surface area contributed by atoms with Crippen LogP contribution in [0, 0.1) is 5.41 Å². The van der Waals surface area contributed by atoms with Gasteiger partial charge in [0.25, 0.3) is 0 Å². The summed E-state index contributed by atoms with van der Waals surface area (Å²) in [5, 5.41) is 15.3. The van der Waals surface area contributed by atoms with Crippen molar-refractivity contribution in [1.82, 2.24) is 25.5 Å². The van der Waals surface area contributed by atoms with Crippen LogP contribution >= 0.6 is 0 Å². The number of carbonyl (C=O) groups is 1. The second kappa shape index (κ2) is 7.41. The highest BCUT2D eigenvalue weighted by atomic mass is 32.3.